The number of nitrogens with one attached hydrogen (secondary N) is 6. The van der Waals surface area contributed by atoms with Crippen LogP contribution in [0.5, 0.6) is 0 Å². The Morgan fingerprint density at radius 3 is 2.52 bits per heavy atom. The minimum Gasteiger partial charge on any atom is -0.396 e. The molecule has 0 saturated heterocycles. The molecule has 7 N–H and O–H groups in total. The van der Waals surface area contributed by atoms with E-state index >= 15 is 0 Å². The van der Waals surface area contributed by atoms with Gasteiger partial charge in [-0.3, -0.25) is 23.9 Å². The number of unbranched alkanes of at least 4 members (excludes halogenated alkanes) is 1. The molecule has 1 aliphatic heterocycles. The van der Waals surface area contributed by atoms with E-state index in [9.17, 15) is 24.3 Å². The van der Waals surface area contributed by atoms with E-state index in [2.05, 4.69) is 31.0 Å². The van der Waals surface area contributed by atoms with Crippen LogP contribution in [0.1, 0.15) is 55.7 Å². The minimum atomic E-state index is -0.964. The number of carbonyl (C=O) groups is 4. The van der Waals surface area contributed by atoms with E-state index in [1.54, 1.807) is 13.2 Å². The van der Waals surface area contributed by atoms with Crippen molar-refractivity contribution in [2.24, 2.45) is 0 Å². The SMILES string of the molecule is CNCCCC[C@@H]1NC(=O)[C@H](CCCO)NCc2cccnc2Sc2c(Cl)ccc(-c3ccc(SNC(C)=O)cc3)c2CNC(=O)[C@H](Cc2c[nH]c3ccccc23)N(C)C1=O. The molecule has 61 heavy (non-hydrogen) atoms. The van der Waals surface area contributed by atoms with Crippen LogP contribution in [0, 0.1) is 0 Å². The normalized spacial score (nSPS) is 17.9. The number of aromatic amines is 1. The van der Waals surface area contributed by atoms with Gasteiger partial charge in [0, 0.05) is 73.2 Å². The number of nitrogens with zero attached hydrogens (tertiary/aromatic N) is 2. The van der Waals surface area contributed by atoms with E-state index in [0.29, 0.717) is 40.6 Å². The molecular weight excluding hydrogens is 832 g/mol. The summed E-state index contributed by atoms with van der Waals surface area (Å²) in [4.78, 5) is 66.3. The highest BCUT2D eigenvalue weighted by atomic mass is 35.5. The van der Waals surface area contributed by atoms with E-state index in [1.807, 2.05) is 86.0 Å². The van der Waals surface area contributed by atoms with Gasteiger partial charge in [0.25, 0.3) is 0 Å². The number of para-hydroxylation sites is 1. The molecule has 0 saturated carbocycles. The maximum absolute atomic E-state index is 14.8. The Labute approximate surface area is 370 Å². The average Bonchev–Trinajstić information content (AvgIpc) is 3.68. The molecule has 0 bridgehead atoms. The summed E-state index contributed by atoms with van der Waals surface area (Å²) in [6.07, 6.45) is 6.27. The first-order chi connectivity index (χ1) is 29.6. The minimum absolute atomic E-state index is 0.0691. The van der Waals surface area contributed by atoms with Crippen LogP contribution < -0.4 is 26.0 Å². The van der Waals surface area contributed by atoms with E-state index in [-0.39, 0.29) is 49.7 Å². The molecule has 4 amide bonds. The number of aliphatic hydroxyl groups excluding tert-OH is 1. The van der Waals surface area contributed by atoms with Crippen LogP contribution in [-0.2, 0) is 38.7 Å². The summed E-state index contributed by atoms with van der Waals surface area (Å²) in [5.41, 5.74) is 5.03. The van der Waals surface area contributed by atoms with Crippen LogP contribution in [-0.4, -0.2) is 89.0 Å². The maximum Gasteiger partial charge on any atom is 0.245 e. The number of rotatable bonds is 13. The molecule has 16 heteroatoms. The molecule has 13 nitrogen and oxygen atoms in total. The van der Waals surface area contributed by atoms with Crippen molar-refractivity contribution in [2.45, 2.75) is 91.5 Å². The second kappa shape index (κ2) is 22.3. The molecule has 0 unspecified atom stereocenters. The van der Waals surface area contributed by atoms with Gasteiger partial charge in [-0.05, 0) is 116 Å². The third kappa shape index (κ3) is 11.9. The number of H-pyrrole nitrogens is 1. The Morgan fingerprint density at radius 1 is 0.967 bits per heavy atom. The molecule has 5 aromatic rings. The molecule has 2 aromatic heterocycles. The second-order valence-corrected chi connectivity index (χ2v) is 17.2. The summed E-state index contributed by atoms with van der Waals surface area (Å²) in [5, 5.41) is 24.6. The van der Waals surface area contributed by atoms with Crippen LogP contribution in [0.4, 0.5) is 0 Å². The summed E-state index contributed by atoms with van der Waals surface area (Å²) in [7, 11) is 3.49. The number of hydrogen-bond acceptors (Lipinski definition) is 10. The highest BCUT2D eigenvalue weighted by Crippen LogP contribution is 2.41. The Kier molecular flexibility index (Phi) is 16.7. The van der Waals surface area contributed by atoms with Crippen molar-refractivity contribution in [2.75, 3.05) is 27.2 Å². The summed E-state index contributed by atoms with van der Waals surface area (Å²) in [6.45, 7) is 2.44. The topological polar surface area (TPSA) is 181 Å². The number of benzene rings is 3. The summed E-state index contributed by atoms with van der Waals surface area (Å²) in [5.74, 6) is -1.28. The average molecular weight is 886 g/mol. The van der Waals surface area contributed by atoms with E-state index < -0.39 is 18.1 Å². The highest BCUT2D eigenvalue weighted by molar-refractivity contribution is 7.99. The number of halogens is 1. The van der Waals surface area contributed by atoms with Crippen molar-refractivity contribution in [3.05, 3.63) is 107 Å². The fourth-order valence-electron chi connectivity index (χ4n) is 7.38. The number of aromatic nitrogens is 2. The third-order valence-electron chi connectivity index (χ3n) is 10.7. The zero-order valence-electron chi connectivity index (χ0n) is 34.6. The zero-order chi connectivity index (χ0) is 43.3. The summed E-state index contributed by atoms with van der Waals surface area (Å²) >= 11 is 9.66. The number of likely N-dealkylation sites (N-methyl/N-ethyl adjacent to an activating group) is 1. The first kappa shape index (κ1) is 45.6. The van der Waals surface area contributed by atoms with Crippen molar-refractivity contribution in [1.29, 1.82) is 0 Å². The van der Waals surface area contributed by atoms with Gasteiger partial charge in [0.1, 0.15) is 17.1 Å². The van der Waals surface area contributed by atoms with E-state index in [1.165, 1.54) is 35.5 Å². The van der Waals surface area contributed by atoms with Crippen LogP contribution in [0.2, 0.25) is 5.02 Å². The van der Waals surface area contributed by atoms with Crippen molar-refractivity contribution < 1.29 is 24.3 Å². The lowest BCUT2D eigenvalue weighted by Crippen LogP contribution is -2.57. The molecule has 1 aliphatic rings. The number of hydrogen-bond donors (Lipinski definition) is 7. The molecule has 0 radical (unpaired) electrons. The van der Waals surface area contributed by atoms with Gasteiger partial charge in [-0.1, -0.05) is 65.8 Å². The monoisotopic (exact) mass is 884 g/mol. The predicted molar refractivity (Wildman–Crippen MR) is 242 cm³/mol. The first-order valence-corrected chi connectivity index (χ1v) is 22.4. The van der Waals surface area contributed by atoms with Gasteiger partial charge >= 0.3 is 0 Å². The van der Waals surface area contributed by atoms with Crippen LogP contribution in [0.25, 0.3) is 22.0 Å². The molecule has 3 atom stereocenters. The van der Waals surface area contributed by atoms with Crippen LogP contribution >= 0.6 is 35.3 Å². The zero-order valence-corrected chi connectivity index (χ0v) is 36.9. The molecule has 0 aliphatic carbocycles. The van der Waals surface area contributed by atoms with E-state index in [0.717, 1.165) is 56.6 Å². The first-order valence-electron chi connectivity index (χ1n) is 20.4. The largest absolute Gasteiger partial charge is 0.396 e. The Hall–Kier alpha value is -4.90. The van der Waals surface area contributed by atoms with Gasteiger partial charge in [-0.25, -0.2) is 4.98 Å². The fraction of sp³-hybridized carbons (Fsp3) is 0.356. The lowest BCUT2D eigenvalue weighted by atomic mass is 9.98. The standard InChI is InChI=1S/C45H53ClN8O5S2/c1-28(56)53-61-32-17-15-29(16-18-32)33-19-20-36(46)41-35(33)27-51-43(58)40(24-31-26-49-37-12-5-4-11-34(31)37)54(3)45(59)39(13-6-7-21-47-2)52-42(57)38(14-9-23-55)50-25-30-10-8-22-48-44(30)60-41/h4-5,8,10-12,15-20,22,26,38-40,47,49-50,55H,6-7,9,13-14,21,23-25,27H2,1-3H3,(H,51,58)(H,52,57)(H,53,56)/t38-,39-,40-/m0/s1. The molecule has 3 aromatic carbocycles. The number of pyridine rings is 1. The van der Waals surface area contributed by atoms with Gasteiger partial charge < -0.3 is 36.3 Å². The number of aliphatic hydroxyl groups is 1. The number of amides is 4. The smallest absolute Gasteiger partial charge is 0.245 e. The number of fused-ring (bicyclic) bond motifs is 3. The number of carbonyl (C=O) groups excluding carboxylic acids is 4. The van der Waals surface area contributed by atoms with Crippen molar-refractivity contribution >= 4 is 69.8 Å². The van der Waals surface area contributed by atoms with Crippen LogP contribution in [0.3, 0.4) is 0 Å². The van der Waals surface area contributed by atoms with Crippen LogP contribution in [0.15, 0.2) is 100 Å². The summed E-state index contributed by atoms with van der Waals surface area (Å²) < 4.78 is 2.75. The molecular formula is C45H53ClN8O5S2. The molecule has 322 valence electrons. The molecule has 0 fully saturated rings. The van der Waals surface area contributed by atoms with E-state index in [4.69, 9.17) is 16.6 Å². The lowest BCUT2D eigenvalue weighted by Gasteiger charge is -2.32. The fourth-order valence-corrected chi connectivity index (χ4v) is 9.25. The molecule has 6 rings (SSSR count). The quantitative estimate of drug-likeness (QED) is 0.0549. The summed E-state index contributed by atoms with van der Waals surface area (Å²) in [6, 6.07) is 20.5. The molecule has 3 heterocycles. The van der Waals surface area contributed by atoms with Crippen molar-refractivity contribution in [3.63, 3.8) is 0 Å². The van der Waals surface area contributed by atoms with Gasteiger partial charge in [0.2, 0.25) is 23.6 Å². The Bertz CT molecular complexity index is 2310. The second-order valence-electron chi connectivity index (χ2n) is 15.0. The lowest BCUT2D eigenvalue weighted by molar-refractivity contribution is -0.142. The molecule has 0 spiro atoms. The highest BCUT2D eigenvalue weighted by Gasteiger charge is 2.34. The van der Waals surface area contributed by atoms with Gasteiger partial charge in [-0.15, -0.1) is 0 Å². The Balaban J connectivity index is 1.46. The van der Waals surface area contributed by atoms with Crippen molar-refractivity contribution in [3.8, 4) is 11.1 Å². The van der Waals surface area contributed by atoms with Crippen molar-refractivity contribution in [1.82, 2.24) is 40.9 Å². The van der Waals surface area contributed by atoms with Gasteiger partial charge in [0.05, 0.1) is 11.1 Å². The Morgan fingerprint density at radius 2 is 1.75 bits per heavy atom. The van der Waals surface area contributed by atoms with Gasteiger partial charge in [-0.2, -0.15) is 0 Å². The predicted octanol–water partition coefficient (Wildman–Crippen LogP) is 5.98. The maximum atomic E-state index is 14.8. The van der Waals surface area contributed by atoms with Gasteiger partial charge in [0.15, 0.2) is 0 Å². The third-order valence-corrected chi connectivity index (χ3v) is 13.2.